The summed E-state index contributed by atoms with van der Waals surface area (Å²) >= 11 is 0. The van der Waals surface area contributed by atoms with Gasteiger partial charge in [-0.05, 0) is 94.3 Å². The highest BCUT2D eigenvalue weighted by atomic mass is 14.3. The Labute approximate surface area is 152 Å². The van der Waals surface area contributed by atoms with Crippen LogP contribution in [-0.4, -0.2) is 0 Å². The second-order valence-electron chi connectivity index (χ2n) is 8.57. The summed E-state index contributed by atoms with van der Waals surface area (Å²) in [6.07, 6.45) is 29.9. The molecule has 0 atom stereocenters. The Balaban J connectivity index is 1.54. The average Bonchev–Trinajstić information content (AvgIpc) is 2.62. The minimum Gasteiger partial charge on any atom is -0.0883 e. The van der Waals surface area contributed by atoms with Gasteiger partial charge in [0.05, 0.1) is 0 Å². The average molecular weight is 331 g/mol. The van der Waals surface area contributed by atoms with E-state index in [9.17, 15) is 0 Å². The molecule has 2 aliphatic rings. The van der Waals surface area contributed by atoms with Gasteiger partial charge >= 0.3 is 0 Å². The molecule has 0 N–H and O–H groups in total. The summed E-state index contributed by atoms with van der Waals surface area (Å²) in [5, 5.41) is 0. The summed E-state index contributed by atoms with van der Waals surface area (Å²) in [6.45, 7) is 4.60. The standard InChI is InChI=1S/C24H42/c1-3-5-6-10-22-17-19-24(20-18-22)12-8-7-11-23-15-13-21(9-4-2)14-16-23/h6-7,10-11,21-24H,3-5,8-9,12-20H2,1-2H3/b10-6?,11-7+. The molecule has 0 amide bonds. The molecule has 138 valence electrons. The summed E-state index contributed by atoms with van der Waals surface area (Å²) < 4.78 is 0. The van der Waals surface area contributed by atoms with Crippen LogP contribution in [0.1, 0.15) is 104 Å². The molecule has 0 radical (unpaired) electrons. The van der Waals surface area contributed by atoms with Gasteiger partial charge in [-0.15, -0.1) is 0 Å². The van der Waals surface area contributed by atoms with E-state index in [2.05, 4.69) is 38.2 Å². The van der Waals surface area contributed by atoms with E-state index >= 15 is 0 Å². The van der Waals surface area contributed by atoms with E-state index in [1.165, 1.54) is 89.9 Å². The van der Waals surface area contributed by atoms with Crippen molar-refractivity contribution in [2.45, 2.75) is 104 Å². The number of rotatable bonds is 9. The minimum absolute atomic E-state index is 0.890. The Morgan fingerprint density at radius 1 is 0.583 bits per heavy atom. The normalized spacial score (nSPS) is 31.9. The molecule has 0 aromatic heterocycles. The monoisotopic (exact) mass is 330 g/mol. The summed E-state index contributed by atoms with van der Waals surface area (Å²) in [6, 6.07) is 0. The van der Waals surface area contributed by atoms with E-state index in [-0.39, 0.29) is 0 Å². The first-order valence-electron chi connectivity index (χ1n) is 11.1. The van der Waals surface area contributed by atoms with Crippen molar-refractivity contribution in [2.75, 3.05) is 0 Å². The lowest BCUT2D eigenvalue weighted by molar-refractivity contribution is 0.291. The molecule has 0 heterocycles. The van der Waals surface area contributed by atoms with Crippen molar-refractivity contribution in [3.63, 3.8) is 0 Å². The van der Waals surface area contributed by atoms with E-state index in [0.717, 1.165) is 23.7 Å². The van der Waals surface area contributed by atoms with Gasteiger partial charge in [-0.3, -0.25) is 0 Å². The molecule has 0 aromatic carbocycles. The molecule has 2 aliphatic carbocycles. The lowest BCUT2D eigenvalue weighted by Gasteiger charge is -2.27. The van der Waals surface area contributed by atoms with Gasteiger partial charge in [0.15, 0.2) is 0 Å². The van der Waals surface area contributed by atoms with Crippen molar-refractivity contribution in [3.8, 4) is 0 Å². The van der Waals surface area contributed by atoms with Gasteiger partial charge in [-0.25, -0.2) is 0 Å². The largest absolute Gasteiger partial charge is 0.0883 e. The number of allylic oxidation sites excluding steroid dienone is 4. The van der Waals surface area contributed by atoms with Crippen LogP contribution in [0.4, 0.5) is 0 Å². The zero-order valence-corrected chi connectivity index (χ0v) is 16.5. The first-order valence-corrected chi connectivity index (χ1v) is 11.1. The lowest BCUT2D eigenvalue weighted by atomic mass is 9.79. The predicted molar refractivity (Wildman–Crippen MR) is 108 cm³/mol. The zero-order valence-electron chi connectivity index (χ0n) is 16.5. The van der Waals surface area contributed by atoms with Crippen LogP contribution >= 0.6 is 0 Å². The van der Waals surface area contributed by atoms with Crippen molar-refractivity contribution in [1.82, 2.24) is 0 Å². The molecular formula is C24H42. The summed E-state index contributed by atoms with van der Waals surface area (Å²) in [4.78, 5) is 0. The zero-order chi connectivity index (χ0) is 17.0. The second kappa shape index (κ2) is 11.9. The van der Waals surface area contributed by atoms with Crippen LogP contribution in [0.5, 0.6) is 0 Å². The molecule has 2 fully saturated rings. The van der Waals surface area contributed by atoms with E-state index in [4.69, 9.17) is 0 Å². The quantitative estimate of drug-likeness (QED) is 0.375. The fourth-order valence-electron chi connectivity index (χ4n) is 4.82. The topological polar surface area (TPSA) is 0 Å². The van der Waals surface area contributed by atoms with E-state index in [0.29, 0.717) is 0 Å². The fourth-order valence-corrected chi connectivity index (χ4v) is 4.82. The van der Waals surface area contributed by atoms with Gasteiger partial charge < -0.3 is 0 Å². The van der Waals surface area contributed by atoms with E-state index in [1.54, 1.807) is 0 Å². The Morgan fingerprint density at radius 3 is 1.58 bits per heavy atom. The molecule has 0 saturated heterocycles. The summed E-state index contributed by atoms with van der Waals surface area (Å²) in [5.41, 5.74) is 0. The van der Waals surface area contributed by atoms with Crippen LogP contribution in [0.15, 0.2) is 24.3 Å². The molecule has 0 unspecified atom stereocenters. The fraction of sp³-hybridized carbons (Fsp3) is 0.833. The number of hydrogen-bond acceptors (Lipinski definition) is 0. The van der Waals surface area contributed by atoms with Crippen LogP contribution in [0.25, 0.3) is 0 Å². The number of unbranched alkanes of at least 4 members (excludes halogenated alkanes) is 1. The third-order valence-corrected chi connectivity index (χ3v) is 6.49. The molecule has 0 nitrogen and oxygen atoms in total. The lowest BCUT2D eigenvalue weighted by Crippen LogP contribution is -2.13. The van der Waals surface area contributed by atoms with Gasteiger partial charge in [0.1, 0.15) is 0 Å². The molecule has 0 bridgehead atoms. The molecule has 24 heavy (non-hydrogen) atoms. The number of hydrogen-bond donors (Lipinski definition) is 0. The van der Waals surface area contributed by atoms with Crippen LogP contribution in [-0.2, 0) is 0 Å². The molecule has 0 spiro atoms. The Kier molecular flexibility index (Phi) is 9.85. The molecular weight excluding hydrogens is 288 g/mol. The van der Waals surface area contributed by atoms with Crippen molar-refractivity contribution in [1.29, 1.82) is 0 Å². The van der Waals surface area contributed by atoms with Gasteiger partial charge in [0.2, 0.25) is 0 Å². The van der Waals surface area contributed by atoms with Gasteiger partial charge in [-0.1, -0.05) is 57.4 Å². The third kappa shape index (κ3) is 7.58. The highest BCUT2D eigenvalue weighted by molar-refractivity contribution is 4.93. The maximum atomic E-state index is 2.57. The van der Waals surface area contributed by atoms with Crippen LogP contribution in [0.3, 0.4) is 0 Å². The highest BCUT2D eigenvalue weighted by Gasteiger charge is 2.20. The van der Waals surface area contributed by atoms with Crippen molar-refractivity contribution < 1.29 is 0 Å². The second-order valence-corrected chi connectivity index (χ2v) is 8.57. The van der Waals surface area contributed by atoms with Crippen LogP contribution in [0, 0.1) is 23.7 Å². The Morgan fingerprint density at radius 2 is 1.08 bits per heavy atom. The summed E-state index contributed by atoms with van der Waals surface area (Å²) in [7, 11) is 0. The third-order valence-electron chi connectivity index (χ3n) is 6.49. The smallest absolute Gasteiger partial charge is 0.0233 e. The van der Waals surface area contributed by atoms with E-state index in [1.807, 2.05) is 0 Å². The van der Waals surface area contributed by atoms with Crippen LogP contribution in [0.2, 0.25) is 0 Å². The molecule has 2 rings (SSSR count). The minimum atomic E-state index is 0.890. The molecule has 0 aromatic rings. The molecule has 2 saturated carbocycles. The van der Waals surface area contributed by atoms with E-state index < -0.39 is 0 Å². The highest BCUT2D eigenvalue weighted by Crippen LogP contribution is 2.34. The summed E-state index contributed by atoms with van der Waals surface area (Å²) in [5.74, 6) is 3.84. The first kappa shape index (κ1) is 19.8. The predicted octanol–water partition coefficient (Wildman–Crippen LogP) is 8.09. The maximum Gasteiger partial charge on any atom is -0.0233 e. The Bertz CT molecular complexity index is 348. The van der Waals surface area contributed by atoms with Crippen molar-refractivity contribution >= 4 is 0 Å². The van der Waals surface area contributed by atoms with Crippen molar-refractivity contribution in [3.05, 3.63) is 24.3 Å². The molecule has 0 aliphatic heterocycles. The van der Waals surface area contributed by atoms with Gasteiger partial charge in [0, 0.05) is 0 Å². The first-order chi connectivity index (χ1) is 11.8. The molecule has 0 heteroatoms. The maximum absolute atomic E-state index is 2.57. The van der Waals surface area contributed by atoms with Gasteiger partial charge in [-0.2, -0.15) is 0 Å². The van der Waals surface area contributed by atoms with Crippen LogP contribution < -0.4 is 0 Å². The van der Waals surface area contributed by atoms with Gasteiger partial charge in [0.25, 0.3) is 0 Å². The van der Waals surface area contributed by atoms with Crippen molar-refractivity contribution in [2.24, 2.45) is 23.7 Å². The SMILES string of the molecule is CCCC=CC1CCC(CC/C=C/C2CCC(CCC)CC2)CC1. The Hall–Kier alpha value is -0.520.